The van der Waals surface area contributed by atoms with Gasteiger partial charge in [-0.05, 0) is 45.6 Å². The predicted molar refractivity (Wildman–Crippen MR) is 91.4 cm³/mol. The van der Waals surface area contributed by atoms with Crippen LogP contribution in [0.15, 0.2) is 30.3 Å². The topological polar surface area (TPSA) is 41.6 Å². The number of carbonyl (C=O) groups excluding carboxylic acids is 1. The van der Waals surface area contributed by atoms with E-state index >= 15 is 0 Å². The number of nitrogens with zero attached hydrogens (tertiary/aromatic N) is 1. The van der Waals surface area contributed by atoms with Crippen LogP contribution in [0.4, 0.5) is 4.79 Å². The summed E-state index contributed by atoms with van der Waals surface area (Å²) in [5.74, 6) is 0. The first-order chi connectivity index (χ1) is 10.9. The van der Waals surface area contributed by atoms with Crippen LogP contribution in [0.3, 0.4) is 0 Å². The van der Waals surface area contributed by atoms with Gasteiger partial charge in [0.1, 0.15) is 5.60 Å². The van der Waals surface area contributed by atoms with Gasteiger partial charge < -0.3 is 15.0 Å². The van der Waals surface area contributed by atoms with E-state index in [9.17, 15) is 4.79 Å². The van der Waals surface area contributed by atoms with Crippen molar-refractivity contribution in [2.24, 2.45) is 5.41 Å². The number of alkyl carbamates (subject to hydrolysis) is 1. The number of nitrogens with one attached hydrogen (secondary N) is 1. The smallest absolute Gasteiger partial charge is 0.407 e. The first kappa shape index (κ1) is 16.3. The number of carbonyl (C=O) groups is 1. The van der Waals surface area contributed by atoms with Crippen molar-refractivity contribution in [1.29, 1.82) is 0 Å². The first-order valence-corrected chi connectivity index (χ1v) is 8.62. The van der Waals surface area contributed by atoms with Gasteiger partial charge >= 0.3 is 6.09 Å². The highest BCUT2D eigenvalue weighted by atomic mass is 16.6. The van der Waals surface area contributed by atoms with Crippen LogP contribution >= 0.6 is 0 Å². The number of rotatable bonds is 4. The monoisotopic (exact) mass is 316 g/mol. The Hall–Kier alpha value is -1.55. The molecule has 1 saturated carbocycles. The van der Waals surface area contributed by atoms with Gasteiger partial charge in [0.25, 0.3) is 0 Å². The van der Waals surface area contributed by atoms with Gasteiger partial charge in [-0.25, -0.2) is 4.79 Å². The number of hydrogen-bond acceptors (Lipinski definition) is 3. The quantitative estimate of drug-likeness (QED) is 0.927. The predicted octanol–water partition coefficient (Wildman–Crippen LogP) is 3.22. The minimum Gasteiger partial charge on any atom is -0.444 e. The van der Waals surface area contributed by atoms with Gasteiger partial charge in [-0.3, -0.25) is 0 Å². The summed E-state index contributed by atoms with van der Waals surface area (Å²) in [5, 5.41) is 3.11. The molecular weight excluding hydrogens is 288 g/mol. The molecule has 4 nitrogen and oxygen atoms in total. The lowest BCUT2D eigenvalue weighted by Crippen LogP contribution is -2.44. The molecule has 1 heterocycles. The van der Waals surface area contributed by atoms with Crippen LogP contribution in [0.1, 0.15) is 39.2 Å². The molecular formula is C19H28N2O2. The van der Waals surface area contributed by atoms with Gasteiger partial charge in [0, 0.05) is 25.0 Å². The van der Waals surface area contributed by atoms with Crippen LogP contribution in [-0.4, -0.2) is 42.3 Å². The normalized spacial score (nSPS) is 23.0. The van der Waals surface area contributed by atoms with E-state index in [1.807, 2.05) is 20.8 Å². The molecule has 0 aromatic heterocycles. The van der Waals surface area contributed by atoms with Crippen molar-refractivity contribution in [2.75, 3.05) is 19.6 Å². The molecule has 1 N–H and O–H groups in total. The zero-order chi connectivity index (χ0) is 16.5. The Kier molecular flexibility index (Phi) is 4.37. The molecule has 1 aromatic rings. The van der Waals surface area contributed by atoms with Crippen LogP contribution in [0.25, 0.3) is 0 Å². The van der Waals surface area contributed by atoms with E-state index in [1.54, 1.807) is 0 Å². The summed E-state index contributed by atoms with van der Waals surface area (Å²) in [4.78, 5) is 14.6. The van der Waals surface area contributed by atoms with Crippen molar-refractivity contribution in [3.8, 4) is 0 Å². The minimum atomic E-state index is -0.438. The summed E-state index contributed by atoms with van der Waals surface area (Å²) in [6, 6.07) is 10.8. The van der Waals surface area contributed by atoms with E-state index in [1.165, 1.54) is 18.4 Å². The van der Waals surface area contributed by atoms with E-state index in [0.29, 0.717) is 5.41 Å². The van der Waals surface area contributed by atoms with Crippen LogP contribution < -0.4 is 5.32 Å². The average Bonchev–Trinajstić information content (AvgIpc) is 3.15. The molecule has 126 valence electrons. The molecule has 1 atom stereocenters. The molecule has 2 aliphatic rings. The molecule has 1 saturated heterocycles. The van der Waals surface area contributed by atoms with Gasteiger partial charge in [0.05, 0.1) is 6.04 Å². The fourth-order valence-electron chi connectivity index (χ4n) is 3.49. The van der Waals surface area contributed by atoms with E-state index in [2.05, 4.69) is 40.5 Å². The Morgan fingerprint density at radius 1 is 1.30 bits per heavy atom. The van der Waals surface area contributed by atoms with Crippen LogP contribution in [-0.2, 0) is 11.2 Å². The summed E-state index contributed by atoms with van der Waals surface area (Å²) < 4.78 is 5.42. The SMILES string of the molecule is CC(C)(C)OC(=O)NC1CN(CCc2ccccc2)CC12CC2. The lowest BCUT2D eigenvalue weighted by molar-refractivity contribution is 0.0492. The largest absolute Gasteiger partial charge is 0.444 e. The van der Waals surface area contributed by atoms with Crippen molar-refractivity contribution in [3.05, 3.63) is 35.9 Å². The Morgan fingerprint density at radius 2 is 2.00 bits per heavy atom. The van der Waals surface area contributed by atoms with Crippen molar-refractivity contribution < 1.29 is 9.53 Å². The molecule has 2 fully saturated rings. The average molecular weight is 316 g/mol. The number of amides is 1. The van der Waals surface area contributed by atoms with Crippen molar-refractivity contribution in [1.82, 2.24) is 10.2 Å². The Bertz CT molecular complexity index is 546. The van der Waals surface area contributed by atoms with E-state index in [4.69, 9.17) is 4.74 Å². The van der Waals surface area contributed by atoms with Gasteiger partial charge in [0.2, 0.25) is 0 Å². The van der Waals surface area contributed by atoms with E-state index in [0.717, 1.165) is 26.1 Å². The molecule has 0 radical (unpaired) electrons. The molecule has 1 aliphatic carbocycles. The molecule has 1 spiro atoms. The second-order valence-corrected chi connectivity index (χ2v) is 8.03. The maximum absolute atomic E-state index is 12.1. The minimum absolute atomic E-state index is 0.230. The van der Waals surface area contributed by atoms with E-state index < -0.39 is 5.60 Å². The van der Waals surface area contributed by atoms with E-state index in [-0.39, 0.29) is 12.1 Å². The zero-order valence-corrected chi connectivity index (χ0v) is 14.5. The molecule has 1 aliphatic heterocycles. The maximum atomic E-state index is 12.1. The number of ether oxygens (including phenoxy) is 1. The lowest BCUT2D eigenvalue weighted by atomic mass is 10.0. The molecule has 1 amide bonds. The number of likely N-dealkylation sites (tertiary alicyclic amines) is 1. The fourth-order valence-corrected chi connectivity index (χ4v) is 3.49. The fraction of sp³-hybridized carbons (Fsp3) is 0.632. The second-order valence-electron chi connectivity index (χ2n) is 8.03. The summed E-state index contributed by atoms with van der Waals surface area (Å²) in [7, 11) is 0. The lowest BCUT2D eigenvalue weighted by Gasteiger charge is -2.24. The summed E-state index contributed by atoms with van der Waals surface area (Å²) >= 11 is 0. The van der Waals surface area contributed by atoms with Gasteiger partial charge in [0.15, 0.2) is 0 Å². The van der Waals surface area contributed by atoms with Crippen LogP contribution in [0.5, 0.6) is 0 Å². The Labute approximate surface area is 139 Å². The highest BCUT2D eigenvalue weighted by Crippen LogP contribution is 2.52. The van der Waals surface area contributed by atoms with Crippen molar-refractivity contribution in [2.45, 2.75) is 51.7 Å². The molecule has 1 unspecified atom stereocenters. The molecule has 3 rings (SSSR count). The molecule has 0 bridgehead atoms. The van der Waals surface area contributed by atoms with Crippen molar-refractivity contribution >= 4 is 6.09 Å². The van der Waals surface area contributed by atoms with Gasteiger partial charge in [-0.2, -0.15) is 0 Å². The highest BCUT2D eigenvalue weighted by Gasteiger charge is 2.55. The van der Waals surface area contributed by atoms with Crippen LogP contribution in [0.2, 0.25) is 0 Å². The summed E-state index contributed by atoms with van der Waals surface area (Å²) in [5.41, 5.74) is 1.24. The highest BCUT2D eigenvalue weighted by molar-refractivity contribution is 5.68. The Morgan fingerprint density at radius 3 is 2.61 bits per heavy atom. The van der Waals surface area contributed by atoms with Gasteiger partial charge in [-0.15, -0.1) is 0 Å². The second kappa shape index (κ2) is 6.16. The van der Waals surface area contributed by atoms with Gasteiger partial charge in [-0.1, -0.05) is 30.3 Å². The molecule has 23 heavy (non-hydrogen) atoms. The standard InChI is InChI=1S/C19H28N2O2/c1-18(2,3)23-17(22)20-16-13-21(14-19(16)10-11-19)12-9-15-7-5-4-6-8-15/h4-8,16H,9-14H2,1-3H3,(H,20,22). The third-order valence-corrected chi connectivity index (χ3v) is 4.86. The van der Waals surface area contributed by atoms with Crippen LogP contribution in [0, 0.1) is 5.41 Å². The Balaban J connectivity index is 1.52. The summed E-state index contributed by atoms with van der Waals surface area (Å²) in [6.07, 6.45) is 3.22. The number of benzene rings is 1. The zero-order valence-electron chi connectivity index (χ0n) is 14.5. The number of hydrogen-bond donors (Lipinski definition) is 1. The molecule has 1 aromatic carbocycles. The third-order valence-electron chi connectivity index (χ3n) is 4.86. The maximum Gasteiger partial charge on any atom is 0.407 e. The first-order valence-electron chi connectivity index (χ1n) is 8.62. The third kappa shape index (κ3) is 4.25. The molecule has 4 heteroatoms. The summed E-state index contributed by atoms with van der Waals surface area (Å²) in [6.45, 7) is 8.80. The van der Waals surface area contributed by atoms with Crippen molar-refractivity contribution in [3.63, 3.8) is 0 Å².